The third kappa shape index (κ3) is 3.98. The van der Waals surface area contributed by atoms with Gasteiger partial charge in [0.1, 0.15) is 17.2 Å². The van der Waals surface area contributed by atoms with Crippen molar-refractivity contribution >= 4 is 41.1 Å². The van der Waals surface area contributed by atoms with E-state index in [4.69, 9.17) is 16.3 Å². The summed E-state index contributed by atoms with van der Waals surface area (Å²) in [5.74, 6) is -1.72. The minimum Gasteiger partial charge on any atom is -0.543 e. The molecule has 1 aromatic carbocycles. The first-order chi connectivity index (χ1) is 11.5. The maximum absolute atomic E-state index is 12.1. The van der Waals surface area contributed by atoms with Gasteiger partial charge in [-0.25, -0.2) is 0 Å². The number of aliphatic carboxylic acids is 1. The van der Waals surface area contributed by atoms with Crippen molar-refractivity contribution in [3.63, 3.8) is 0 Å². The molecule has 1 aromatic rings. The number of amides is 2. The van der Waals surface area contributed by atoms with Crippen LogP contribution in [0.1, 0.15) is 0 Å². The van der Waals surface area contributed by atoms with Gasteiger partial charge in [0.25, 0.3) is 11.8 Å². The maximum atomic E-state index is 12.1. The monoisotopic (exact) mass is 374 g/mol. The number of hydrogen-bond acceptors (Lipinski definition) is 6. The zero-order chi connectivity index (χ0) is 17.3. The SMILES string of the molecule is O=C(COc1ccccc1)NC1C(=O)N2C(C(=O)[O-])=C(Cl)CS[C@H]12.[Li+]. The molecule has 1 saturated heterocycles. The number of nitrogens with zero attached hydrogens (tertiary/aromatic N) is 1. The number of hydrogen-bond donors (Lipinski definition) is 1. The number of nitrogens with one attached hydrogen (secondary N) is 1. The normalized spacial score (nSPS) is 21.6. The largest absolute Gasteiger partial charge is 1.00 e. The number of carboxylic acid groups (broad SMARTS) is 1. The van der Waals surface area contributed by atoms with E-state index < -0.39 is 29.2 Å². The molecule has 10 heteroatoms. The van der Waals surface area contributed by atoms with Crippen LogP contribution in [0.25, 0.3) is 0 Å². The Hall–Kier alpha value is -1.59. The van der Waals surface area contributed by atoms with Crippen LogP contribution in [0.2, 0.25) is 0 Å². The molecule has 0 aliphatic carbocycles. The number of β-lactam (4-membered cyclic amide) rings is 1. The van der Waals surface area contributed by atoms with Gasteiger partial charge in [0.05, 0.1) is 16.7 Å². The van der Waals surface area contributed by atoms with E-state index in [2.05, 4.69) is 5.32 Å². The Morgan fingerprint density at radius 3 is 2.68 bits per heavy atom. The van der Waals surface area contributed by atoms with E-state index in [1.807, 2.05) is 6.07 Å². The molecular formula is C15H12ClLiN2O5S. The van der Waals surface area contributed by atoms with Crippen LogP contribution in [-0.2, 0) is 14.4 Å². The summed E-state index contributed by atoms with van der Waals surface area (Å²) < 4.78 is 5.31. The third-order valence-electron chi connectivity index (χ3n) is 3.54. The summed E-state index contributed by atoms with van der Waals surface area (Å²) in [6, 6.07) is 7.98. The number of fused-ring (bicyclic) bond motifs is 1. The maximum Gasteiger partial charge on any atom is 1.00 e. The first-order valence-electron chi connectivity index (χ1n) is 7.01. The zero-order valence-electron chi connectivity index (χ0n) is 13.2. The minimum atomic E-state index is -1.50. The number of thioether (sulfide) groups is 1. The number of carboxylic acids is 1. The first kappa shape index (κ1) is 19.7. The predicted molar refractivity (Wildman–Crippen MR) is 84.8 cm³/mol. The van der Waals surface area contributed by atoms with E-state index in [0.29, 0.717) is 5.75 Å². The molecule has 0 radical (unpaired) electrons. The Balaban J connectivity index is 0.00000225. The summed E-state index contributed by atoms with van der Waals surface area (Å²) in [7, 11) is 0. The molecule has 0 aromatic heterocycles. The molecule has 1 unspecified atom stereocenters. The topological polar surface area (TPSA) is 98.8 Å². The average Bonchev–Trinajstić information content (AvgIpc) is 2.58. The summed E-state index contributed by atoms with van der Waals surface area (Å²) in [4.78, 5) is 36.3. The second-order valence-electron chi connectivity index (χ2n) is 5.10. The van der Waals surface area contributed by atoms with Gasteiger partial charge >= 0.3 is 18.9 Å². The van der Waals surface area contributed by atoms with Crippen LogP contribution in [0, 0.1) is 0 Å². The van der Waals surface area contributed by atoms with Gasteiger partial charge in [-0.15, -0.1) is 11.8 Å². The molecule has 1 fully saturated rings. The molecule has 2 heterocycles. The standard InChI is InChI=1S/C15H13ClN2O5S.Li/c16-9-7-24-14-11(13(20)18(14)12(9)15(21)22)17-10(19)6-23-8-4-2-1-3-5-8;/h1-5,11,14H,6-7H2,(H,17,19)(H,21,22);/q;+1/p-1/t11?,14-;/m1./s1. The van der Waals surface area contributed by atoms with Gasteiger partial charge in [-0.05, 0) is 12.1 Å². The van der Waals surface area contributed by atoms with Gasteiger partial charge in [0, 0.05) is 5.75 Å². The van der Waals surface area contributed by atoms with Crippen molar-refractivity contribution in [2.24, 2.45) is 0 Å². The van der Waals surface area contributed by atoms with Crippen molar-refractivity contribution in [1.82, 2.24) is 10.2 Å². The molecule has 25 heavy (non-hydrogen) atoms. The van der Waals surface area contributed by atoms with Crippen LogP contribution < -0.4 is 34.0 Å². The van der Waals surface area contributed by atoms with Gasteiger partial charge in [0.2, 0.25) is 0 Å². The predicted octanol–water partition coefficient (Wildman–Crippen LogP) is -3.33. The van der Waals surface area contributed by atoms with Crippen molar-refractivity contribution < 1.29 is 43.1 Å². The number of benzene rings is 1. The quantitative estimate of drug-likeness (QED) is 0.427. The summed E-state index contributed by atoms with van der Waals surface area (Å²) in [6.45, 7) is -0.241. The van der Waals surface area contributed by atoms with Crippen LogP contribution in [-0.4, -0.2) is 46.5 Å². The van der Waals surface area contributed by atoms with E-state index in [1.165, 1.54) is 11.8 Å². The summed E-state index contributed by atoms with van der Waals surface area (Å²) >= 11 is 7.12. The van der Waals surface area contributed by atoms with Crippen LogP contribution in [0.15, 0.2) is 41.1 Å². The first-order valence-corrected chi connectivity index (χ1v) is 8.43. The smallest absolute Gasteiger partial charge is 0.543 e. The molecule has 2 amide bonds. The molecule has 0 bridgehead atoms. The van der Waals surface area contributed by atoms with Gasteiger partial charge in [-0.2, -0.15) is 0 Å². The number of para-hydroxylation sites is 1. The van der Waals surface area contributed by atoms with Crippen molar-refractivity contribution in [3.8, 4) is 5.75 Å². The van der Waals surface area contributed by atoms with Gasteiger partial charge in [-0.1, -0.05) is 29.8 Å². The number of carbonyl (C=O) groups excluding carboxylic acids is 3. The zero-order valence-corrected chi connectivity index (χ0v) is 14.8. The van der Waals surface area contributed by atoms with Crippen molar-refractivity contribution in [2.45, 2.75) is 11.4 Å². The van der Waals surface area contributed by atoms with Gasteiger partial charge < -0.3 is 20.0 Å². The molecule has 1 N–H and O–H groups in total. The van der Waals surface area contributed by atoms with E-state index in [0.717, 1.165) is 4.90 Å². The van der Waals surface area contributed by atoms with E-state index >= 15 is 0 Å². The molecule has 3 rings (SSSR count). The molecule has 2 aliphatic rings. The Morgan fingerprint density at radius 1 is 1.36 bits per heavy atom. The number of ether oxygens (including phenoxy) is 1. The molecule has 0 spiro atoms. The number of rotatable bonds is 5. The number of halogens is 1. The van der Waals surface area contributed by atoms with Crippen LogP contribution in [0.3, 0.4) is 0 Å². The van der Waals surface area contributed by atoms with E-state index in [1.54, 1.807) is 24.3 Å². The van der Waals surface area contributed by atoms with Crippen LogP contribution in [0.5, 0.6) is 5.75 Å². The van der Waals surface area contributed by atoms with Crippen molar-refractivity contribution in [1.29, 1.82) is 0 Å². The van der Waals surface area contributed by atoms with E-state index in [9.17, 15) is 19.5 Å². The minimum absolute atomic E-state index is 0. The molecule has 0 saturated carbocycles. The van der Waals surface area contributed by atoms with Gasteiger partial charge in [0.15, 0.2) is 6.61 Å². The third-order valence-corrected chi connectivity index (χ3v) is 5.30. The molecule has 7 nitrogen and oxygen atoms in total. The summed E-state index contributed by atoms with van der Waals surface area (Å²) in [5, 5.41) is 13.2. The molecule has 2 aliphatic heterocycles. The van der Waals surface area contributed by atoms with Crippen molar-refractivity contribution in [2.75, 3.05) is 12.4 Å². The fraction of sp³-hybridized carbons (Fsp3) is 0.267. The Kier molecular flexibility index (Phi) is 6.46. The van der Waals surface area contributed by atoms with Crippen LogP contribution in [0.4, 0.5) is 0 Å². The van der Waals surface area contributed by atoms with Gasteiger partial charge in [-0.3, -0.25) is 14.5 Å². The van der Waals surface area contributed by atoms with E-state index in [-0.39, 0.29) is 41.9 Å². The summed E-state index contributed by atoms with van der Waals surface area (Å²) in [5.41, 5.74) is -0.323. The number of carbonyl (C=O) groups is 3. The molecular weight excluding hydrogens is 363 g/mol. The molecule has 126 valence electrons. The van der Waals surface area contributed by atoms with Crippen molar-refractivity contribution in [3.05, 3.63) is 41.1 Å². The fourth-order valence-corrected chi connectivity index (χ4v) is 4.00. The fourth-order valence-electron chi connectivity index (χ4n) is 2.45. The second-order valence-corrected chi connectivity index (χ2v) is 6.66. The Morgan fingerprint density at radius 2 is 2.04 bits per heavy atom. The van der Waals surface area contributed by atoms with Crippen LogP contribution >= 0.6 is 23.4 Å². The average molecular weight is 375 g/mol. The Labute approximate surface area is 164 Å². The Bertz CT molecular complexity index is 730. The molecule has 2 atom stereocenters. The second kappa shape index (κ2) is 8.19. The summed E-state index contributed by atoms with van der Waals surface area (Å²) in [6.07, 6.45) is 0.